The van der Waals surface area contributed by atoms with E-state index in [-0.39, 0.29) is 6.10 Å². The summed E-state index contributed by atoms with van der Waals surface area (Å²) in [5, 5.41) is 12.2. The molecule has 96 valence electrons. The van der Waals surface area contributed by atoms with Crippen LogP contribution < -0.4 is 4.74 Å². The Morgan fingerprint density at radius 1 is 1.39 bits per heavy atom. The van der Waals surface area contributed by atoms with Crippen LogP contribution >= 0.6 is 0 Å². The topological polar surface area (TPSA) is 51.1 Å². The van der Waals surface area contributed by atoms with E-state index in [0.717, 1.165) is 49.3 Å². The highest BCUT2D eigenvalue weighted by molar-refractivity contribution is 6.04. The van der Waals surface area contributed by atoms with Crippen LogP contribution in [0.1, 0.15) is 30.4 Å². The zero-order valence-corrected chi connectivity index (χ0v) is 10.3. The maximum absolute atomic E-state index is 8.87. The highest BCUT2D eigenvalue weighted by atomic mass is 16.5. The Kier molecular flexibility index (Phi) is 3.19. The van der Waals surface area contributed by atoms with Crippen LogP contribution in [0.4, 0.5) is 0 Å². The molecule has 4 nitrogen and oxygen atoms in total. The third-order valence-electron chi connectivity index (χ3n) is 3.60. The maximum Gasteiger partial charge on any atom is 0.119 e. The van der Waals surface area contributed by atoms with Crippen LogP contribution in [0, 0.1) is 0 Å². The van der Waals surface area contributed by atoms with Crippen molar-refractivity contribution in [2.75, 3.05) is 13.2 Å². The van der Waals surface area contributed by atoms with Gasteiger partial charge in [0, 0.05) is 12.2 Å². The Bertz CT molecular complexity index is 464. The molecule has 1 aromatic rings. The molecule has 0 aromatic heterocycles. The summed E-state index contributed by atoms with van der Waals surface area (Å²) in [6.07, 6.45) is 4.20. The van der Waals surface area contributed by atoms with Gasteiger partial charge in [0.15, 0.2) is 0 Å². The van der Waals surface area contributed by atoms with Crippen molar-refractivity contribution in [3.05, 3.63) is 29.3 Å². The van der Waals surface area contributed by atoms with E-state index < -0.39 is 0 Å². The van der Waals surface area contributed by atoms with E-state index >= 15 is 0 Å². The second-order valence-corrected chi connectivity index (χ2v) is 4.81. The van der Waals surface area contributed by atoms with Crippen LogP contribution in [-0.2, 0) is 11.2 Å². The predicted molar refractivity (Wildman–Crippen MR) is 67.6 cm³/mol. The van der Waals surface area contributed by atoms with Crippen molar-refractivity contribution in [1.29, 1.82) is 0 Å². The van der Waals surface area contributed by atoms with Crippen molar-refractivity contribution in [1.82, 2.24) is 0 Å². The quantitative estimate of drug-likeness (QED) is 0.659. The summed E-state index contributed by atoms with van der Waals surface area (Å²) in [5.74, 6) is 0.878. The smallest absolute Gasteiger partial charge is 0.119 e. The van der Waals surface area contributed by atoms with Crippen molar-refractivity contribution < 1.29 is 14.7 Å². The molecule has 0 saturated carbocycles. The van der Waals surface area contributed by atoms with Crippen LogP contribution in [0.15, 0.2) is 23.4 Å². The third-order valence-corrected chi connectivity index (χ3v) is 3.60. The highest BCUT2D eigenvalue weighted by Gasteiger charge is 2.20. The average molecular weight is 247 g/mol. The minimum absolute atomic E-state index is 0.243. The zero-order chi connectivity index (χ0) is 12.4. The molecule has 1 heterocycles. The molecular formula is C14H17NO3. The molecule has 1 aliphatic carbocycles. The average Bonchev–Trinajstić information content (AvgIpc) is 3.05. The minimum Gasteiger partial charge on any atom is -0.491 e. The lowest BCUT2D eigenvalue weighted by Crippen LogP contribution is -2.16. The fourth-order valence-electron chi connectivity index (χ4n) is 2.60. The molecule has 3 rings (SSSR count). The number of benzene rings is 1. The Balaban J connectivity index is 1.67. The monoisotopic (exact) mass is 247 g/mol. The van der Waals surface area contributed by atoms with Crippen molar-refractivity contribution >= 4 is 5.71 Å². The molecular weight excluding hydrogens is 230 g/mol. The Morgan fingerprint density at radius 2 is 2.33 bits per heavy atom. The van der Waals surface area contributed by atoms with Gasteiger partial charge in [0.05, 0.1) is 11.8 Å². The van der Waals surface area contributed by atoms with Crippen LogP contribution in [0.5, 0.6) is 5.75 Å². The summed E-state index contributed by atoms with van der Waals surface area (Å²) >= 11 is 0. The fraction of sp³-hybridized carbons (Fsp3) is 0.500. The van der Waals surface area contributed by atoms with Crippen LogP contribution in [0.3, 0.4) is 0 Å². The normalized spacial score (nSPS) is 24.4. The molecule has 0 spiro atoms. The summed E-state index contributed by atoms with van der Waals surface area (Å²) < 4.78 is 11.3. The Labute approximate surface area is 106 Å². The molecule has 1 aromatic carbocycles. The maximum atomic E-state index is 8.87. The van der Waals surface area contributed by atoms with Gasteiger partial charge in [-0.05, 0) is 49.4 Å². The van der Waals surface area contributed by atoms with Gasteiger partial charge in [0.25, 0.3) is 0 Å². The van der Waals surface area contributed by atoms with E-state index in [1.807, 2.05) is 18.2 Å². The first-order chi connectivity index (χ1) is 8.86. The van der Waals surface area contributed by atoms with Gasteiger partial charge in [-0.2, -0.15) is 0 Å². The molecule has 0 amide bonds. The van der Waals surface area contributed by atoms with Gasteiger partial charge in [0.2, 0.25) is 0 Å². The number of rotatable bonds is 3. The van der Waals surface area contributed by atoms with Crippen molar-refractivity contribution in [2.45, 2.75) is 31.8 Å². The molecule has 0 bridgehead atoms. The molecule has 4 heteroatoms. The lowest BCUT2D eigenvalue weighted by Gasteiger charge is -2.12. The molecule has 0 radical (unpaired) electrons. The van der Waals surface area contributed by atoms with Gasteiger partial charge in [-0.15, -0.1) is 0 Å². The number of fused-ring (bicyclic) bond motifs is 1. The van der Waals surface area contributed by atoms with E-state index in [4.69, 9.17) is 14.7 Å². The predicted octanol–water partition coefficient (Wildman–Crippen LogP) is 2.37. The molecule has 1 unspecified atom stereocenters. The Morgan fingerprint density at radius 3 is 3.11 bits per heavy atom. The largest absolute Gasteiger partial charge is 0.491 e. The number of hydrogen-bond donors (Lipinski definition) is 1. The van der Waals surface area contributed by atoms with Gasteiger partial charge in [-0.25, -0.2) is 0 Å². The SMILES string of the molecule is O/N=C1/CCc2cc(OCC3CCCO3)ccc21. The number of aryl methyl sites for hydroxylation is 1. The van der Waals surface area contributed by atoms with Gasteiger partial charge in [-0.3, -0.25) is 0 Å². The van der Waals surface area contributed by atoms with Crippen LogP contribution in [-0.4, -0.2) is 30.2 Å². The third kappa shape index (κ3) is 2.20. The van der Waals surface area contributed by atoms with E-state index in [1.165, 1.54) is 5.56 Å². The number of ether oxygens (including phenoxy) is 2. The first-order valence-electron chi connectivity index (χ1n) is 6.45. The summed E-state index contributed by atoms with van der Waals surface area (Å²) in [4.78, 5) is 0. The van der Waals surface area contributed by atoms with Gasteiger partial charge >= 0.3 is 0 Å². The van der Waals surface area contributed by atoms with Crippen molar-refractivity contribution in [2.24, 2.45) is 5.16 Å². The Hall–Kier alpha value is -1.55. The molecule has 1 saturated heterocycles. The van der Waals surface area contributed by atoms with E-state index in [9.17, 15) is 0 Å². The first-order valence-corrected chi connectivity index (χ1v) is 6.45. The summed E-state index contributed by atoms with van der Waals surface area (Å²) in [6.45, 7) is 1.48. The minimum atomic E-state index is 0.243. The molecule has 1 N–H and O–H groups in total. The molecule has 1 fully saturated rings. The standard InChI is InChI=1S/C14H17NO3/c16-15-14-6-3-10-8-11(4-5-13(10)14)18-9-12-2-1-7-17-12/h4-5,8,12,16H,1-3,6-7,9H2/b15-14-. The molecule has 1 atom stereocenters. The van der Waals surface area contributed by atoms with Crippen LogP contribution in [0.25, 0.3) is 0 Å². The van der Waals surface area contributed by atoms with Gasteiger partial charge < -0.3 is 14.7 Å². The molecule has 2 aliphatic rings. The number of hydrogen-bond acceptors (Lipinski definition) is 4. The first kappa shape index (κ1) is 11.5. The number of oxime groups is 1. The van der Waals surface area contributed by atoms with Gasteiger partial charge in [0.1, 0.15) is 12.4 Å². The van der Waals surface area contributed by atoms with Crippen molar-refractivity contribution in [3.8, 4) is 5.75 Å². The van der Waals surface area contributed by atoms with E-state index in [2.05, 4.69) is 5.16 Å². The molecule has 18 heavy (non-hydrogen) atoms. The van der Waals surface area contributed by atoms with E-state index in [0.29, 0.717) is 6.61 Å². The number of nitrogens with zero attached hydrogens (tertiary/aromatic N) is 1. The van der Waals surface area contributed by atoms with E-state index in [1.54, 1.807) is 0 Å². The fourth-order valence-corrected chi connectivity index (χ4v) is 2.60. The molecule has 1 aliphatic heterocycles. The van der Waals surface area contributed by atoms with Crippen LogP contribution in [0.2, 0.25) is 0 Å². The van der Waals surface area contributed by atoms with Gasteiger partial charge in [-0.1, -0.05) is 5.16 Å². The highest BCUT2D eigenvalue weighted by Crippen LogP contribution is 2.27. The summed E-state index contributed by atoms with van der Waals surface area (Å²) in [7, 11) is 0. The lowest BCUT2D eigenvalue weighted by molar-refractivity contribution is 0.0679. The lowest BCUT2D eigenvalue weighted by atomic mass is 10.1. The second kappa shape index (κ2) is 4.98. The summed E-state index contributed by atoms with van der Waals surface area (Å²) in [6, 6.07) is 5.95. The second-order valence-electron chi connectivity index (χ2n) is 4.81. The summed E-state index contributed by atoms with van der Waals surface area (Å²) in [5.41, 5.74) is 3.02. The van der Waals surface area contributed by atoms with Crippen molar-refractivity contribution in [3.63, 3.8) is 0 Å². The zero-order valence-electron chi connectivity index (χ0n) is 10.3.